The van der Waals surface area contributed by atoms with Gasteiger partial charge in [-0.1, -0.05) is 30.3 Å². The van der Waals surface area contributed by atoms with Crippen LogP contribution in [0.5, 0.6) is 0 Å². The van der Waals surface area contributed by atoms with Crippen molar-refractivity contribution in [2.45, 2.75) is 16.5 Å². The van der Waals surface area contributed by atoms with Crippen LogP contribution < -0.4 is 5.73 Å². The van der Waals surface area contributed by atoms with E-state index in [4.69, 9.17) is 5.73 Å². The summed E-state index contributed by atoms with van der Waals surface area (Å²) in [6.45, 7) is 0.284. The summed E-state index contributed by atoms with van der Waals surface area (Å²) in [5.41, 5.74) is 7.19. The van der Waals surface area contributed by atoms with Gasteiger partial charge in [-0.15, -0.1) is 11.3 Å². The molecule has 0 spiro atoms. The molecule has 1 atom stereocenters. The second-order valence-corrected chi connectivity index (χ2v) is 7.34. The number of carboxylic acids is 1. The lowest BCUT2D eigenvalue weighted by atomic mass is 10.0. The lowest BCUT2D eigenvalue weighted by molar-refractivity contribution is 0.0696. The lowest BCUT2D eigenvalue weighted by Crippen LogP contribution is -2.02. The third-order valence-electron chi connectivity index (χ3n) is 3.37. The minimum atomic E-state index is -1.56. The summed E-state index contributed by atoms with van der Waals surface area (Å²) in [7, 11) is -1.56. The van der Waals surface area contributed by atoms with Gasteiger partial charge < -0.3 is 10.8 Å². The largest absolute Gasteiger partial charge is 0.478 e. The lowest BCUT2D eigenvalue weighted by Gasteiger charge is -2.07. The summed E-state index contributed by atoms with van der Waals surface area (Å²) in [5.74, 6) is -1.06. The number of benzene rings is 2. The van der Waals surface area contributed by atoms with Gasteiger partial charge >= 0.3 is 5.97 Å². The Bertz CT molecular complexity index is 907. The molecule has 7 heteroatoms. The van der Waals surface area contributed by atoms with Gasteiger partial charge in [0, 0.05) is 16.8 Å². The highest BCUT2D eigenvalue weighted by molar-refractivity contribution is 7.85. The fourth-order valence-electron chi connectivity index (χ4n) is 2.22. The fraction of sp³-hybridized carbons (Fsp3) is 0.0588. The Labute approximate surface area is 145 Å². The van der Waals surface area contributed by atoms with Crippen LogP contribution in [0.15, 0.2) is 63.8 Å². The van der Waals surface area contributed by atoms with Crippen LogP contribution in [0.3, 0.4) is 0 Å². The van der Waals surface area contributed by atoms with E-state index in [0.29, 0.717) is 20.5 Å². The molecule has 0 amide bonds. The van der Waals surface area contributed by atoms with Crippen LogP contribution in [0.2, 0.25) is 0 Å². The first-order valence-electron chi connectivity index (χ1n) is 7.08. The number of hydrogen-bond acceptors (Lipinski definition) is 5. The highest BCUT2D eigenvalue weighted by atomic mass is 32.2. The predicted molar refractivity (Wildman–Crippen MR) is 93.5 cm³/mol. The number of thiazole rings is 1. The monoisotopic (exact) mass is 358 g/mol. The van der Waals surface area contributed by atoms with E-state index in [0.717, 1.165) is 5.56 Å². The molecule has 0 fully saturated rings. The van der Waals surface area contributed by atoms with Gasteiger partial charge in [0.1, 0.15) is 20.8 Å². The maximum absolute atomic E-state index is 12.8. The molecule has 0 radical (unpaired) electrons. The highest BCUT2D eigenvalue weighted by Crippen LogP contribution is 2.27. The fourth-order valence-corrected chi connectivity index (χ4v) is 4.21. The van der Waals surface area contributed by atoms with Gasteiger partial charge in [-0.25, -0.2) is 14.0 Å². The Hall–Kier alpha value is -2.35. The van der Waals surface area contributed by atoms with Crippen LogP contribution in [-0.4, -0.2) is 20.3 Å². The third kappa shape index (κ3) is 3.43. The van der Waals surface area contributed by atoms with Crippen molar-refractivity contribution in [3.63, 3.8) is 0 Å². The van der Waals surface area contributed by atoms with Crippen LogP contribution >= 0.6 is 11.3 Å². The van der Waals surface area contributed by atoms with E-state index in [1.807, 2.05) is 30.3 Å². The van der Waals surface area contributed by atoms with Gasteiger partial charge in [-0.3, -0.25) is 0 Å². The molecule has 122 valence electrons. The van der Waals surface area contributed by atoms with Gasteiger partial charge in [-0.05, 0) is 29.3 Å². The Morgan fingerprint density at radius 2 is 1.92 bits per heavy atom. The topological polar surface area (TPSA) is 93.3 Å². The number of rotatable bonds is 5. The molecule has 24 heavy (non-hydrogen) atoms. The first-order valence-corrected chi connectivity index (χ1v) is 9.11. The van der Waals surface area contributed by atoms with Gasteiger partial charge in [0.15, 0.2) is 0 Å². The average molecular weight is 358 g/mol. The molecule has 3 N–H and O–H groups in total. The quantitative estimate of drug-likeness (QED) is 0.731. The van der Waals surface area contributed by atoms with Gasteiger partial charge in [-0.2, -0.15) is 0 Å². The van der Waals surface area contributed by atoms with Gasteiger partial charge in [0.05, 0.1) is 5.56 Å². The van der Waals surface area contributed by atoms with E-state index in [1.165, 1.54) is 17.4 Å². The molecule has 1 heterocycles. The standard InChI is InChI=1S/C17H14N2O3S2/c18-9-15-19-16(10-23-15)24(22)14-7-12(6-13(8-14)17(20)21)11-4-2-1-3-5-11/h1-8,10H,9,18H2,(H,20,21). The van der Waals surface area contributed by atoms with Crippen LogP contribution in [-0.2, 0) is 17.3 Å². The summed E-state index contributed by atoms with van der Waals surface area (Å²) in [6.07, 6.45) is 0. The van der Waals surface area contributed by atoms with E-state index < -0.39 is 16.8 Å². The zero-order valence-electron chi connectivity index (χ0n) is 12.5. The third-order valence-corrected chi connectivity index (χ3v) is 5.64. The van der Waals surface area contributed by atoms with E-state index >= 15 is 0 Å². The zero-order chi connectivity index (χ0) is 17.1. The van der Waals surface area contributed by atoms with E-state index in [1.54, 1.807) is 17.5 Å². The summed E-state index contributed by atoms with van der Waals surface area (Å²) < 4.78 is 12.8. The Balaban J connectivity index is 2.08. The maximum atomic E-state index is 12.8. The Morgan fingerprint density at radius 3 is 2.54 bits per heavy atom. The molecule has 3 aromatic rings. The SMILES string of the molecule is NCc1nc(S(=O)c2cc(C(=O)O)cc(-c3ccccc3)c2)cs1. The molecule has 0 bridgehead atoms. The van der Waals surface area contributed by atoms with Crippen molar-refractivity contribution < 1.29 is 14.1 Å². The van der Waals surface area contributed by atoms with Crippen LogP contribution in [0.4, 0.5) is 0 Å². The molecule has 2 aromatic carbocycles. The molecule has 5 nitrogen and oxygen atoms in total. The molecular weight excluding hydrogens is 344 g/mol. The molecule has 1 unspecified atom stereocenters. The van der Waals surface area contributed by atoms with Crippen LogP contribution in [0.25, 0.3) is 11.1 Å². The summed E-state index contributed by atoms with van der Waals surface area (Å²) in [5, 5.41) is 12.1. The molecular formula is C17H14N2O3S2. The number of nitrogens with two attached hydrogens (primary N) is 1. The van der Waals surface area contributed by atoms with Crippen molar-refractivity contribution in [1.29, 1.82) is 0 Å². The van der Waals surface area contributed by atoms with Crippen LogP contribution in [0.1, 0.15) is 15.4 Å². The smallest absolute Gasteiger partial charge is 0.335 e. The van der Waals surface area contributed by atoms with E-state index in [9.17, 15) is 14.1 Å². The number of aromatic nitrogens is 1. The molecule has 0 saturated carbocycles. The maximum Gasteiger partial charge on any atom is 0.335 e. The van der Waals surface area contributed by atoms with Gasteiger partial charge in [0.25, 0.3) is 0 Å². The molecule has 0 aliphatic rings. The summed E-state index contributed by atoms with van der Waals surface area (Å²) in [4.78, 5) is 16.1. The molecule has 3 rings (SSSR count). The van der Waals surface area contributed by atoms with Crippen molar-refractivity contribution in [3.05, 3.63) is 64.5 Å². The number of hydrogen-bond donors (Lipinski definition) is 2. The average Bonchev–Trinajstić information content (AvgIpc) is 3.10. The first-order chi connectivity index (χ1) is 11.6. The van der Waals surface area contributed by atoms with E-state index in [2.05, 4.69) is 4.98 Å². The summed E-state index contributed by atoms with van der Waals surface area (Å²) >= 11 is 1.34. The second-order valence-electron chi connectivity index (χ2n) is 4.97. The first kappa shape index (κ1) is 16.5. The summed E-state index contributed by atoms with van der Waals surface area (Å²) in [6, 6.07) is 14.1. The van der Waals surface area contributed by atoms with Gasteiger partial charge in [0.2, 0.25) is 0 Å². The second kappa shape index (κ2) is 7.04. The van der Waals surface area contributed by atoms with E-state index in [-0.39, 0.29) is 12.1 Å². The predicted octanol–water partition coefficient (Wildman–Crippen LogP) is 3.13. The molecule has 0 aliphatic carbocycles. The minimum absolute atomic E-state index is 0.0916. The minimum Gasteiger partial charge on any atom is -0.478 e. The molecule has 1 aromatic heterocycles. The van der Waals surface area contributed by atoms with Crippen molar-refractivity contribution in [2.24, 2.45) is 5.73 Å². The number of aromatic carboxylic acids is 1. The Morgan fingerprint density at radius 1 is 1.17 bits per heavy atom. The molecule has 0 aliphatic heterocycles. The van der Waals surface area contributed by atoms with Crippen molar-refractivity contribution in [3.8, 4) is 11.1 Å². The normalized spacial score (nSPS) is 12.0. The number of carboxylic acid groups (broad SMARTS) is 1. The number of carbonyl (C=O) groups is 1. The van der Waals surface area contributed by atoms with Crippen LogP contribution in [0, 0.1) is 0 Å². The molecule has 0 saturated heterocycles. The highest BCUT2D eigenvalue weighted by Gasteiger charge is 2.16. The van der Waals surface area contributed by atoms with Crippen molar-refractivity contribution >= 4 is 28.1 Å². The van der Waals surface area contributed by atoms with Crippen molar-refractivity contribution in [2.75, 3.05) is 0 Å². The van der Waals surface area contributed by atoms with Crippen molar-refractivity contribution in [1.82, 2.24) is 4.98 Å². The number of nitrogens with zero attached hydrogens (tertiary/aromatic N) is 1. The Kier molecular flexibility index (Phi) is 4.84. The zero-order valence-corrected chi connectivity index (χ0v) is 14.1.